The molecule has 0 spiro atoms. The summed E-state index contributed by atoms with van der Waals surface area (Å²) in [7, 11) is 0. The van der Waals surface area contributed by atoms with Crippen LogP contribution in [0.3, 0.4) is 0 Å². The first-order valence-corrected chi connectivity index (χ1v) is 13.7. The molecule has 0 nitrogen and oxygen atoms in total. The Kier molecular flexibility index (Phi) is 7.46. The smallest absolute Gasteiger partial charge is 0.00479 e. The fourth-order valence-corrected chi connectivity index (χ4v) is 9.53. The molecule has 4 saturated carbocycles. The van der Waals surface area contributed by atoms with Gasteiger partial charge in [-0.3, -0.25) is 0 Å². The molecule has 0 aromatic carbocycles. The SMILES string of the molecule is CC(S)C(CS)CCC(S)C1CCC2C1CCC1C3CCCCC3CCC12. The minimum absolute atomic E-state index is 0.459. The van der Waals surface area contributed by atoms with Crippen LogP contribution in [0.5, 0.6) is 0 Å². The summed E-state index contributed by atoms with van der Waals surface area (Å²) in [5.74, 6) is 8.93. The number of hydrogen-bond acceptors (Lipinski definition) is 3. The Hall–Kier alpha value is 1.05. The van der Waals surface area contributed by atoms with E-state index >= 15 is 0 Å². The molecule has 4 aliphatic carbocycles. The zero-order valence-electron chi connectivity index (χ0n) is 17.3. The Morgan fingerprint density at radius 1 is 0.704 bits per heavy atom. The van der Waals surface area contributed by atoms with Crippen molar-refractivity contribution >= 4 is 37.9 Å². The number of rotatable bonds is 6. The average molecular weight is 427 g/mol. The molecular formula is C24H42S3. The van der Waals surface area contributed by atoms with Gasteiger partial charge in [0.05, 0.1) is 0 Å². The fourth-order valence-electron chi connectivity index (χ4n) is 8.09. The van der Waals surface area contributed by atoms with Crippen LogP contribution in [0.4, 0.5) is 0 Å². The quantitative estimate of drug-likeness (QED) is 0.367. The van der Waals surface area contributed by atoms with Gasteiger partial charge in [0.25, 0.3) is 0 Å². The van der Waals surface area contributed by atoms with Crippen LogP contribution < -0.4 is 0 Å². The first-order valence-electron chi connectivity index (χ1n) is 12.1. The lowest BCUT2D eigenvalue weighted by Gasteiger charge is -2.52. The van der Waals surface area contributed by atoms with Gasteiger partial charge in [-0.25, -0.2) is 0 Å². The zero-order chi connectivity index (χ0) is 19.0. The molecule has 0 aliphatic heterocycles. The molecule has 27 heavy (non-hydrogen) atoms. The van der Waals surface area contributed by atoms with E-state index in [1.54, 1.807) is 32.1 Å². The van der Waals surface area contributed by atoms with Gasteiger partial charge in [-0.1, -0.05) is 26.2 Å². The summed E-state index contributed by atoms with van der Waals surface area (Å²) in [6.45, 7) is 2.23. The Balaban J connectivity index is 1.36. The molecule has 156 valence electrons. The Labute approximate surface area is 185 Å². The van der Waals surface area contributed by atoms with Crippen molar-refractivity contribution in [2.24, 2.45) is 47.3 Å². The monoisotopic (exact) mass is 426 g/mol. The van der Waals surface area contributed by atoms with Gasteiger partial charge in [-0.2, -0.15) is 37.9 Å². The molecule has 4 rings (SSSR count). The molecule has 0 aromatic heterocycles. The summed E-state index contributed by atoms with van der Waals surface area (Å²) in [6, 6.07) is 0. The highest BCUT2D eigenvalue weighted by atomic mass is 32.1. The van der Waals surface area contributed by atoms with Crippen LogP contribution in [0, 0.1) is 47.3 Å². The van der Waals surface area contributed by atoms with Gasteiger partial charge in [0, 0.05) is 10.5 Å². The normalized spacial score (nSPS) is 44.7. The highest BCUT2D eigenvalue weighted by Gasteiger charge is 2.51. The van der Waals surface area contributed by atoms with E-state index in [-0.39, 0.29) is 0 Å². The van der Waals surface area contributed by atoms with Gasteiger partial charge in [-0.05, 0) is 111 Å². The number of fused-ring (bicyclic) bond motifs is 5. The predicted octanol–water partition coefficient (Wildman–Crippen LogP) is 7.20. The van der Waals surface area contributed by atoms with Crippen molar-refractivity contribution in [3.8, 4) is 0 Å². The van der Waals surface area contributed by atoms with Crippen LogP contribution in [0.15, 0.2) is 0 Å². The lowest BCUT2D eigenvalue weighted by molar-refractivity contribution is -0.0247. The topological polar surface area (TPSA) is 0 Å². The van der Waals surface area contributed by atoms with Crippen molar-refractivity contribution < 1.29 is 0 Å². The summed E-state index contributed by atoms with van der Waals surface area (Å²) in [5.41, 5.74) is 0. The fraction of sp³-hybridized carbons (Fsp3) is 1.00. The van der Waals surface area contributed by atoms with Crippen LogP contribution in [-0.4, -0.2) is 16.3 Å². The molecule has 0 N–H and O–H groups in total. The molecule has 10 unspecified atom stereocenters. The molecule has 0 bridgehead atoms. The van der Waals surface area contributed by atoms with Crippen molar-refractivity contribution in [3.05, 3.63) is 0 Å². The lowest BCUT2D eigenvalue weighted by atomic mass is 9.53. The van der Waals surface area contributed by atoms with Crippen molar-refractivity contribution in [2.45, 2.75) is 94.5 Å². The Bertz CT molecular complexity index is 478. The van der Waals surface area contributed by atoms with Crippen LogP contribution >= 0.6 is 37.9 Å². The second-order valence-electron chi connectivity index (χ2n) is 10.6. The second-order valence-corrected chi connectivity index (χ2v) is 12.4. The van der Waals surface area contributed by atoms with Crippen molar-refractivity contribution in [2.75, 3.05) is 5.75 Å². The lowest BCUT2D eigenvalue weighted by Crippen LogP contribution is -2.44. The first-order chi connectivity index (χ1) is 13.1. The highest BCUT2D eigenvalue weighted by Crippen LogP contribution is 2.60. The maximum absolute atomic E-state index is 5.17. The van der Waals surface area contributed by atoms with Crippen LogP contribution in [-0.2, 0) is 0 Å². The summed E-state index contributed by atoms with van der Waals surface area (Å²) in [4.78, 5) is 0. The van der Waals surface area contributed by atoms with Crippen LogP contribution in [0.1, 0.15) is 84.0 Å². The van der Waals surface area contributed by atoms with Gasteiger partial charge in [0.1, 0.15) is 0 Å². The molecule has 10 atom stereocenters. The number of hydrogen-bond donors (Lipinski definition) is 3. The van der Waals surface area contributed by atoms with E-state index in [9.17, 15) is 0 Å². The standard InChI is InChI=1S/C24H42S3/c1-15(26)17(14-25)7-13-24(27)23-12-11-21-20-8-6-16-4-2-3-5-18(16)19(20)9-10-22(21)23/h15-27H,2-14H2,1H3. The molecule has 4 fully saturated rings. The Morgan fingerprint density at radius 3 is 2.11 bits per heavy atom. The van der Waals surface area contributed by atoms with E-state index < -0.39 is 0 Å². The molecule has 0 radical (unpaired) electrons. The van der Waals surface area contributed by atoms with Gasteiger partial charge in [0.15, 0.2) is 0 Å². The van der Waals surface area contributed by atoms with E-state index in [4.69, 9.17) is 12.6 Å². The molecule has 0 aromatic rings. The van der Waals surface area contributed by atoms with Crippen molar-refractivity contribution in [1.82, 2.24) is 0 Å². The van der Waals surface area contributed by atoms with E-state index in [0.717, 1.165) is 47.2 Å². The minimum atomic E-state index is 0.459. The Morgan fingerprint density at radius 2 is 1.33 bits per heavy atom. The van der Waals surface area contributed by atoms with E-state index in [1.807, 2.05) is 0 Å². The van der Waals surface area contributed by atoms with E-state index in [1.165, 1.54) is 44.9 Å². The number of thiol groups is 3. The average Bonchev–Trinajstić information content (AvgIpc) is 3.12. The first kappa shape index (κ1) is 21.3. The highest BCUT2D eigenvalue weighted by molar-refractivity contribution is 7.81. The van der Waals surface area contributed by atoms with Crippen molar-refractivity contribution in [1.29, 1.82) is 0 Å². The van der Waals surface area contributed by atoms with Crippen LogP contribution in [0.25, 0.3) is 0 Å². The van der Waals surface area contributed by atoms with Crippen LogP contribution in [0.2, 0.25) is 0 Å². The molecule has 4 aliphatic rings. The summed E-state index contributed by atoms with van der Waals surface area (Å²) in [6.07, 6.45) is 17.9. The maximum Gasteiger partial charge on any atom is 0.00479 e. The maximum atomic E-state index is 5.17. The van der Waals surface area contributed by atoms with Gasteiger partial charge in [-0.15, -0.1) is 0 Å². The molecule has 0 amide bonds. The third kappa shape index (κ3) is 4.41. The van der Waals surface area contributed by atoms with Crippen molar-refractivity contribution in [3.63, 3.8) is 0 Å². The third-order valence-electron chi connectivity index (χ3n) is 9.50. The van der Waals surface area contributed by atoms with E-state index in [0.29, 0.717) is 16.4 Å². The van der Waals surface area contributed by atoms with Gasteiger partial charge >= 0.3 is 0 Å². The summed E-state index contributed by atoms with van der Waals surface area (Å²) in [5, 5.41) is 1.07. The largest absolute Gasteiger partial charge is 0.179 e. The summed E-state index contributed by atoms with van der Waals surface area (Å²) < 4.78 is 0. The second kappa shape index (κ2) is 9.46. The zero-order valence-corrected chi connectivity index (χ0v) is 20.0. The minimum Gasteiger partial charge on any atom is -0.179 e. The molecule has 0 saturated heterocycles. The molecule has 3 heteroatoms. The van der Waals surface area contributed by atoms with Gasteiger partial charge < -0.3 is 0 Å². The van der Waals surface area contributed by atoms with Gasteiger partial charge in [0.2, 0.25) is 0 Å². The third-order valence-corrected chi connectivity index (χ3v) is 11.0. The molecular weight excluding hydrogens is 384 g/mol. The summed E-state index contributed by atoms with van der Waals surface area (Å²) >= 11 is 14.4. The predicted molar refractivity (Wildman–Crippen MR) is 128 cm³/mol. The van der Waals surface area contributed by atoms with E-state index in [2.05, 4.69) is 32.2 Å². The molecule has 0 heterocycles.